The molecule has 0 radical (unpaired) electrons. The van der Waals surface area contributed by atoms with Gasteiger partial charge in [-0.3, -0.25) is 0 Å². The number of hydrogen-bond acceptors (Lipinski definition) is 3. The molecular formula is C15H23NO2S2. The number of thioether (sulfide) groups is 1. The van der Waals surface area contributed by atoms with Crippen molar-refractivity contribution >= 4 is 21.8 Å². The first-order chi connectivity index (χ1) is 9.37. The maximum atomic E-state index is 13.0. The van der Waals surface area contributed by atoms with Gasteiger partial charge in [0.2, 0.25) is 10.0 Å². The van der Waals surface area contributed by atoms with E-state index in [1.807, 2.05) is 37.7 Å². The van der Waals surface area contributed by atoms with E-state index in [1.165, 1.54) is 0 Å². The van der Waals surface area contributed by atoms with Crippen LogP contribution in [0.5, 0.6) is 0 Å². The normalized spacial score (nSPS) is 24.8. The number of rotatable bonds is 3. The lowest BCUT2D eigenvalue weighted by molar-refractivity contribution is 0.313. The van der Waals surface area contributed by atoms with Crippen LogP contribution in [0.1, 0.15) is 31.4 Å². The van der Waals surface area contributed by atoms with Crippen LogP contribution >= 0.6 is 11.8 Å². The number of nitrogens with zero attached hydrogens (tertiary/aromatic N) is 1. The Morgan fingerprint density at radius 3 is 2.70 bits per heavy atom. The predicted molar refractivity (Wildman–Crippen MR) is 85.8 cm³/mol. The monoisotopic (exact) mass is 313 g/mol. The van der Waals surface area contributed by atoms with Crippen LogP contribution in [-0.2, 0) is 10.0 Å². The van der Waals surface area contributed by atoms with Crippen molar-refractivity contribution in [2.45, 2.75) is 50.3 Å². The fraction of sp³-hybridized carbons (Fsp3) is 0.600. The standard InChI is InChI=1S/C15H23NO2S2/c1-5-14-13(4)19-9-8-16(14)20(17,18)15-10-11(2)6-7-12(15)3/h6-7,10,13-14H,5,8-9H2,1-4H3. The fourth-order valence-electron chi connectivity index (χ4n) is 2.79. The molecule has 1 saturated heterocycles. The molecule has 1 aliphatic rings. The second-order valence-electron chi connectivity index (χ2n) is 5.44. The highest BCUT2D eigenvalue weighted by atomic mass is 32.2. The van der Waals surface area contributed by atoms with Crippen LogP contribution in [0.15, 0.2) is 23.1 Å². The summed E-state index contributed by atoms with van der Waals surface area (Å²) in [5.74, 6) is 0.877. The predicted octanol–water partition coefficient (Wildman–Crippen LogP) is 3.21. The molecule has 3 nitrogen and oxygen atoms in total. The van der Waals surface area contributed by atoms with Crippen LogP contribution in [0.2, 0.25) is 0 Å². The van der Waals surface area contributed by atoms with E-state index in [-0.39, 0.29) is 6.04 Å². The molecule has 0 aliphatic carbocycles. The number of sulfonamides is 1. The molecule has 5 heteroatoms. The third-order valence-electron chi connectivity index (χ3n) is 3.95. The summed E-state index contributed by atoms with van der Waals surface area (Å²) in [6, 6.07) is 5.74. The fourth-order valence-corrected chi connectivity index (χ4v) is 6.30. The summed E-state index contributed by atoms with van der Waals surface area (Å²) in [5.41, 5.74) is 1.82. The minimum atomic E-state index is -3.39. The van der Waals surface area contributed by atoms with Gasteiger partial charge in [-0.2, -0.15) is 16.1 Å². The van der Waals surface area contributed by atoms with Crippen LogP contribution in [-0.4, -0.2) is 36.3 Å². The minimum absolute atomic E-state index is 0.0960. The molecule has 0 saturated carbocycles. The third-order valence-corrected chi connectivity index (χ3v) is 7.28. The molecule has 0 spiro atoms. The molecule has 1 heterocycles. The molecule has 0 amide bonds. The van der Waals surface area contributed by atoms with E-state index in [0.717, 1.165) is 23.3 Å². The van der Waals surface area contributed by atoms with Gasteiger partial charge in [-0.25, -0.2) is 8.42 Å². The highest BCUT2D eigenvalue weighted by Crippen LogP contribution is 2.32. The Morgan fingerprint density at radius 1 is 1.35 bits per heavy atom. The van der Waals surface area contributed by atoms with Crippen molar-refractivity contribution in [2.75, 3.05) is 12.3 Å². The maximum absolute atomic E-state index is 13.0. The summed E-state index contributed by atoms with van der Waals surface area (Å²) in [6.45, 7) is 8.62. The van der Waals surface area contributed by atoms with Gasteiger partial charge in [0.1, 0.15) is 0 Å². The van der Waals surface area contributed by atoms with Gasteiger partial charge in [0.25, 0.3) is 0 Å². The third kappa shape index (κ3) is 2.90. The summed E-state index contributed by atoms with van der Waals surface area (Å²) in [7, 11) is -3.39. The lowest BCUT2D eigenvalue weighted by Crippen LogP contribution is -2.49. The van der Waals surface area contributed by atoms with Crippen molar-refractivity contribution in [3.8, 4) is 0 Å². The van der Waals surface area contributed by atoms with Gasteiger partial charge in [0.15, 0.2) is 0 Å². The second kappa shape index (κ2) is 6.08. The van der Waals surface area contributed by atoms with Crippen molar-refractivity contribution in [3.63, 3.8) is 0 Å². The lowest BCUT2D eigenvalue weighted by atomic mass is 10.1. The van der Waals surface area contributed by atoms with Gasteiger partial charge < -0.3 is 0 Å². The highest BCUT2D eigenvalue weighted by molar-refractivity contribution is 8.00. The Balaban J connectivity index is 2.45. The van der Waals surface area contributed by atoms with Gasteiger partial charge in [-0.1, -0.05) is 26.0 Å². The first-order valence-electron chi connectivity index (χ1n) is 7.08. The van der Waals surface area contributed by atoms with Crippen molar-refractivity contribution in [3.05, 3.63) is 29.3 Å². The van der Waals surface area contributed by atoms with E-state index in [2.05, 4.69) is 13.8 Å². The molecule has 1 aromatic rings. The number of benzene rings is 1. The molecule has 0 N–H and O–H groups in total. The number of aryl methyl sites for hydroxylation is 2. The molecule has 2 unspecified atom stereocenters. The molecule has 1 aromatic carbocycles. The van der Waals surface area contributed by atoms with E-state index in [9.17, 15) is 8.42 Å². The maximum Gasteiger partial charge on any atom is 0.243 e. The van der Waals surface area contributed by atoms with Crippen LogP contribution < -0.4 is 0 Å². The van der Waals surface area contributed by atoms with Gasteiger partial charge >= 0.3 is 0 Å². The zero-order chi connectivity index (χ0) is 14.9. The Hall–Kier alpha value is -0.520. The summed E-state index contributed by atoms with van der Waals surface area (Å²) in [4.78, 5) is 0.468. The summed E-state index contributed by atoms with van der Waals surface area (Å²) < 4.78 is 27.7. The average molecular weight is 313 g/mol. The zero-order valence-corrected chi connectivity index (χ0v) is 14.2. The van der Waals surface area contributed by atoms with Crippen molar-refractivity contribution in [1.29, 1.82) is 0 Å². The van der Waals surface area contributed by atoms with Gasteiger partial charge in [0, 0.05) is 23.6 Å². The van der Waals surface area contributed by atoms with Crippen LogP contribution in [0.3, 0.4) is 0 Å². The van der Waals surface area contributed by atoms with E-state index in [1.54, 1.807) is 10.4 Å². The SMILES string of the molecule is CCC1C(C)SCCN1S(=O)(=O)c1cc(C)ccc1C. The second-order valence-corrected chi connectivity index (χ2v) is 8.78. The topological polar surface area (TPSA) is 37.4 Å². The van der Waals surface area contributed by atoms with Crippen molar-refractivity contribution in [1.82, 2.24) is 4.31 Å². The Kier molecular flexibility index (Phi) is 4.82. The van der Waals surface area contributed by atoms with Crippen LogP contribution in [0.25, 0.3) is 0 Å². The first-order valence-corrected chi connectivity index (χ1v) is 9.57. The summed E-state index contributed by atoms with van der Waals surface area (Å²) >= 11 is 1.87. The molecule has 20 heavy (non-hydrogen) atoms. The highest BCUT2D eigenvalue weighted by Gasteiger charge is 2.37. The van der Waals surface area contributed by atoms with Crippen LogP contribution in [0.4, 0.5) is 0 Å². The zero-order valence-electron chi connectivity index (χ0n) is 12.6. The minimum Gasteiger partial charge on any atom is -0.207 e. The molecule has 0 aromatic heterocycles. The Bertz CT molecular complexity index is 584. The van der Waals surface area contributed by atoms with E-state index in [0.29, 0.717) is 16.7 Å². The quantitative estimate of drug-likeness (QED) is 0.860. The number of hydrogen-bond donors (Lipinski definition) is 0. The molecule has 2 atom stereocenters. The van der Waals surface area contributed by atoms with Crippen molar-refractivity contribution in [2.24, 2.45) is 0 Å². The van der Waals surface area contributed by atoms with E-state index >= 15 is 0 Å². The lowest BCUT2D eigenvalue weighted by Gasteiger charge is -2.38. The van der Waals surface area contributed by atoms with Crippen LogP contribution in [0, 0.1) is 13.8 Å². The average Bonchev–Trinajstić information content (AvgIpc) is 2.41. The molecule has 1 fully saturated rings. The first kappa shape index (κ1) is 15.9. The van der Waals surface area contributed by atoms with Gasteiger partial charge in [-0.15, -0.1) is 0 Å². The van der Waals surface area contributed by atoms with E-state index < -0.39 is 10.0 Å². The van der Waals surface area contributed by atoms with E-state index in [4.69, 9.17) is 0 Å². The summed E-state index contributed by atoms with van der Waals surface area (Å²) in [5, 5.41) is 0.355. The van der Waals surface area contributed by atoms with Crippen molar-refractivity contribution < 1.29 is 8.42 Å². The molecule has 0 bridgehead atoms. The molecule has 2 rings (SSSR count). The molecular weight excluding hydrogens is 290 g/mol. The Labute approximate surface area is 126 Å². The van der Waals surface area contributed by atoms with Gasteiger partial charge in [0.05, 0.1) is 4.90 Å². The smallest absolute Gasteiger partial charge is 0.207 e. The summed E-state index contributed by atoms with van der Waals surface area (Å²) in [6.07, 6.45) is 0.859. The largest absolute Gasteiger partial charge is 0.243 e. The Morgan fingerprint density at radius 2 is 2.05 bits per heavy atom. The molecule has 1 aliphatic heterocycles. The van der Waals surface area contributed by atoms with Gasteiger partial charge in [-0.05, 0) is 37.5 Å². The molecule has 112 valence electrons.